The molecule has 1 aromatic carbocycles. The number of fused-ring (bicyclic) bond motifs is 1. The molecule has 8 nitrogen and oxygen atoms in total. The first-order valence-corrected chi connectivity index (χ1v) is 7.94. The number of carbonyl (C=O) groups is 2. The van der Waals surface area contributed by atoms with Crippen LogP contribution in [0.2, 0.25) is 0 Å². The van der Waals surface area contributed by atoms with Crippen molar-refractivity contribution in [1.82, 2.24) is 14.7 Å². The van der Waals surface area contributed by atoms with Gasteiger partial charge in [0.05, 0.1) is 5.92 Å². The van der Waals surface area contributed by atoms with Crippen molar-refractivity contribution < 1.29 is 24.2 Å². The number of aromatic nitrogens is 2. The molecule has 4 rings (SSSR count). The molecule has 2 aliphatic heterocycles. The standard InChI is InChI=1S/C17H17N3O5/c1-19-13(4-5-18-19)16(21)20-7-11(12(8-20)17(22)23)10-2-3-14-15(6-10)25-9-24-14/h2-6,11-12H,7-9H2,1H3,(H,22,23)/t11-,12+/m0/s1. The number of ether oxygens (including phenoxy) is 2. The number of benzene rings is 1. The first-order valence-electron chi connectivity index (χ1n) is 7.94. The fourth-order valence-corrected chi connectivity index (χ4v) is 3.45. The molecule has 2 aromatic rings. The number of hydrogen-bond donors (Lipinski definition) is 1. The normalized spacial score (nSPS) is 21.6. The number of nitrogens with zero attached hydrogens (tertiary/aromatic N) is 3. The Morgan fingerprint density at radius 3 is 2.72 bits per heavy atom. The highest BCUT2D eigenvalue weighted by molar-refractivity contribution is 5.93. The summed E-state index contributed by atoms with van der Waals surface area (Å²) in [5.74, 6) is -0.839. The van der Waals surface area contributed by atoms with Crippen molar-refractivity contribution in [3.05, 3.63) is 41.7 Å². The van der Waals surface area contributed by atoms with E-state index >= 15 is 0 Å². The first-order chi connectivity index (χ1) is 12.0. The number of aryl methyl sites for hydroxylation is 1. The van der Waals surface area contributed by atoms with Crippen LogP contribution >= 0.6 is 0 Å². The molecule has 1 fully saturated rings. The van der Waals surface area contributed by atoms with Crippen LogP contribution in [-0.2, 0) is 11.8 Å². The predicted octanol–water partition coefficient (Wildman–Crippen LogP) is 1.09. The molecule has 0 bridgehead atoms. The second kappa shape index (κ2) is 5.80. The number of carboxylic acids is 1. The Bertz CT molecular complexity index is 847. The van der Waals surface area contributed by atoms with E-state index in [-0.39, 0.29) is 25.2 Å². The Balaban J connectivity index is 1.62. The van der Waals surface area contributed by atoms with Crippen LogP contribution in [-0.4, -0.2) is 51.5 Å². The Kier molecular flexibility index (Phi) is 3.60. The molecular formula is C17H17N3O5. The minimum Gasteiger partial charge on any atom is -0.481 e. The number of amides is 1. The molecule has 3 heterocycles. The van der Waals surface area contributed by atoms with Crippen LogP contribution in [0, 0.1) is 5.92 Å². The minimum absolute atomic E-state index is 0.164. The highest BCUT2D eigenvalue weighted by Crippen LogP contribution is 2.39. The van der Waals surface area contributed by atoms with E-state index in [1.807, 2.05) is 6.07 Å². The largest absolute Gasteiger partial charge is 0.481 e. The van der Waals surface area contributed by atoms with Gasteiger partial charge in [0.2, 0.25) is 6.79 Å². The van der Waals surface area contributed by atoms with E-state index in [1.165, 1.54) is 4.68 Å². The number of carbonyl (C=O) groups excluding carboxylic acids is 1. The van der Waals surface area contributed by atoms with Gasteiger partial charge in [0.1, 0.15) is 5.69 Å². The predicted molar refractivity (Wildman–Crippen MR) is 85.5 cm³/mol. The van der Waals surface area contributed by atoms with Crippen molar-refractivity contribution in [3.63, 3.8) is 0 Å². The number of hydrogen-bond acceptors (Lipinski definition) is 5. The van der Waals surface area contributed by atoms with E-state index in [1.54, 1.807) is 36.3 Å². The highest BCUT2D eigenvalue weighted by Gasteiger charge is 2.41. The molecule has 1 N–H and O–H groups in total. The van der Waals surface area contributed by atoms with Crippen LogP contribution in [0.3, 0.4) is 0 Å². The Hall–Kier alpha value is -3.03. The lowest BCUT2D eigenvalue weighted by molar-refractivity contribution is -0.141. The van der Waals surface area contributed by atoms with Crippen molar-refractivity contribution in [1.29, 1.82) is 0 Å². The number of likely N-dealkylation sites (tertiary alicyclic amines) is 1. The second-order valence-corrected chi connectivity index (χ2v) is 6.21. The lowest BCUT2D eigenvalue weighted by Crippen LogP contribution is -2.31. The average Bonchev–Trinajstić information content (AvgIpc) is 3.32. The third-order valence-corrected chi connectivity index (χ3v) is 4.79. The molecule has 2 aliphatic rings. The van der Waals surface area contributed by atoms with E-state index < -0.39 is 11.9 Å². The SMILES string of the molecule is Cn1nccc1C(=O)N1C[C@@H](C(=O)O)[C@H](c2ccc3c(c2)OCO3)C1. The minimum atomic E-state index is -0.914. The number of rotatable bonds is 3. The first kappa shape index (κ1) is 15.5. The summed E-state index contributed by atoms with van der Waals surface area (Å²) in [5, 5.41) is 13.6. The van der Waals surface area contributed by atoms with Gasteiger partial charge in [-0.1, -0.05) is 6.07 Å². The molecule has 1 amide bonds. The monoisotopic (exact) mass is 343 g/mol. The van der Waals surface area contributed by atoms with Crippen molar-refractivity contribution in [3.8, 4) is 11.5 Å². The van der Waals surface area contributed by atoms with E-state index in [2.05, 4.69) is 5.10 Å². The second-order valence-electron chi connectivity index (χ2n) is 6.21. The molecule has 0 spiro atoms. The smallest absolute Gasteiger partial charge is 0.308 e. The summed E-state index contributed by atoms with van der Waals surface area (Å²) >= 11 is 0. The summed E-state index contributed by atoms with van der Waals surface area (Å²) in [4.78, 5) is 26.0. The fraction of sp³-hybridized carbons (Fsp3) is 0.353. The number of aliphatic carboxylic acids is 1. The fourth-order valence-electron chi connectivity index (χ4n) is 3.45. The third kappa shape index (κ3) is 2.59. The maximum Gasteiger partial charge on any atom is 0.308 e. The lowest BCUT2D eigenvalue weighted by atomic mass is 9.89. The topological polar surface area (TPSA) is 93.9 Å². The van der Waals surface area contributed by atoms with Gasteiger partial charge in [0, 0.05) is 32.3 Å². The van der Waals surface area contributed by atoms with Crippen LogP contribution < -0.4 is 9.47 Å². The Morgan fingerprint density at radius 2 is 2.00 bits per heavy atom. The summed E-state index contributed by atoms with van der Waals surface area (Å²) in [6.45, 7) is 0.663. The van der Waals surface area contributed by atoms with Crippen LogP contribution in [0.4, 0.5) is 0 Å². The molecule has 1 saturated heterocycles. The Labute approximate surface area is 143 Å². The van der Waals surface area contributed by atoms with Gasteiger partial charge in [-0.15, -0.1) is 0 Å². The zero-order valence-corrected chi connectivity index (χ0v) is 13.6. The molecule has 1 aromatic heterocycles. The zero-order chi connectivity index (χ0) is 17.6. The van der Waals surface area contributed by atoms with Crippen molar-refractivity contribution in [2.24, 2.45) is 13.0 Å². The summed E-state index contributed by atoms with van der Waals surface area (Å²) in [5.41, 5.74) is 1.27. The van der Waals surface area contributed by atoms with Crippen LogP contribution in [0.5, 0.6) is 11.5 Å². The van der Waals surface area contributed by atoms with E-state index in [4.69, 9.17) is 9.47 Å². The lowest BCUT2D eigenvalue weighted by Gasteiger charge is -2.16. The van der Waals surface area contributed by atoms with Gasteiger partial charge in [-0.3, -0.25) is 14.3 Å². The van der Waals surface area contributed by atoms with Gasteiger partial charge >= 0.3 is 5.97 Å². The van der Waals surface area contributed by atoms with Crippen molar-refractivity contribution in [2.75, 3.05) is 19.9 Å². The van der Waals surface area contributed by atoms with Crippen LogP contribution in [0.15, 0.2) is 30.5 Å². The maximum atomic E-state index is 12.7. The summed E-state index contributed by atoms with van der Waals surface area (Å²) < 4.78 is 12.2. The van der Waals surface area contributed by atoms with Gasteiger partial charge < -0.3 is 19.5 Å². The molecule has 2 atom stereocenters. The van der Waals surface area contributed by atoms with E-state index in [9.17, 15) is 14.7 Å². The number of carboxylic acid groups (broad SMARTS) is 1. The van der Waals surface area contributed by atoms with Gasteiger partial charge in [-0.25, -0.2) is 0 Å². The van der Waals surface area contributed by atoms with Crippen LogP contribution in [0.25, 0.3) is 0 Å². The van der Waals surface area contributed by atoms with E-state index in [0.29, 0.717) is 23.7 Å². The highest BCUT2D eigenvalue weighted by atomic mass is 16.7. The van der Waals surface area contributed by atoms with Crippen LogP contribution in [0.1, 0.15) is 22.0 Å². The molecule has 130 valence electrons. The quantitative estimate of drug-likeness (QED) is 0.897. The summed E-state index contributed by atoms with van der Waals surface area (Å²) in [6.07, 6.45) is 1.55. The molecular weight excluding hydrogens is 326 g/mol. The van der Waals surface area contributed by atoms with E-state index in [0.717, 1.165) is 5.56 Å². The molecule has 0 radical (unpaired) electrons. The Morgan fingerprint density at radius 1 is 1.20 bits per heavy atom. The summed E-state index contributed by atoms with van der Waals surface area (Å²) in [7, 11) is 1.69. The molecule has 0 saturated carbocycles. The molecule has 0 unspecified atom stereocenters. The van der Waals surface area contributed by atoms with Gasteiger partial charge in [0.15, 0.2) is 11.5 Å². The summed E-state index contributed by atoms with van der Waals surface area (Å²) in [6, 6.07) is 7.06. The maximum absolute atomic E-state index is 12.7. The van der Waals surface area contributed by atoms with Crippen molar-refractivity contribution in [2.45, 2.75) is 5.92 Å². The average molecular weight is 343 g/mol. The molecule has 25 heavy (non-hydrogen) atoms. The van der Waals surface area contributed by atoms with Gasteiger partial charge in [-0.2, -0.15) is 5.10 Å². The van der Waals surface area contributed by atoms with Gasteiger partial charge in [0.25, 0.3) is 5.91 Å². The van der Waals surface area contributed by atoms with Gasteiger partial charge in [-0.05, 0) is 23.8 Å². The zero-order valence-electron chi connectivity index (χ0n) is 13.6. The molecule has 0 aliphatic carbocycles. The van der Waals surface area contributed by atoms with Crippen molar-refractivity contribution >= 4 is 11.9 Å². The third-order valence-electron chi connectivity index (χ3n) is 4.79. The molecule has 8 heteroatoms.